The third-order valence-electron chi connectivity index (χ3n) is 3.45. The molecule has 1 fully saturated rings. The number of hydrogen-bond donors (Lipinski definition) is 1. The topological polar surface area (TPSA) is 67.9 Å². The number of nitrogens with zero attached hydrogens (tertiary/aromatic N) is 1. The normalized spacial score (nSPS) is 22.8. The van der Waals surface area contributed by atoms with Crippen molar-refractivity contribution in [2.45, 2.75) is 52.2 Å². The van der Waals surface area contributed by atoms with Crippen molar-refractivity contribution < 1.29 is 19.1 Å². The Balaban J connectivity index is 2.55. The molecule has 0 spiro atoms. The Morgan fingerprint density at radius 1 is 1.33 bits per heavy atom. The van der Waals surface area contributed by atoms with Crippen molar-refractivity contribution in [3.8, 4) is 0 Å². The summed E-state index contributed by atoms with van der Waals surface area (Å²) in [5, 5.41) is 2.76. The highest BCUT2D eigenvalue weighted by molar-refractivity contribution is 5.78. The van der Waals surface area contributed by atoms with E-state index in [9.17, 15) is 9.59 Å². The van der Waals surface area contributed by atoms with Crippen LogP contribution in [0.15, 0.2) is 0 Å². The number of carbonyl (C=O) groups is 2. The molecule has 0 aromatic carbocycles. The smallest absolute Gasteiger partial charge is 0.407 e. The van der Waals surface area contributed by atoms with Gasteiger partial charge in [0.15, 0.2) is 0 Å². The van der Waals surface area contributed by atoms with Crippen LogP contribution in [0, 0.1) is 5.92 Å². The molecule has 1 rings (SSSR count). The number of nitrogens with one attached hydrogen (secondary N) is 1. The Morgan fingerprint density at radius 3 is 2.57 bits per heavy atom. The summed E-state index contributed by atoms with van der Waals surface area (Å²) in [7, 11) is 1.51. The molecule has 1 saturated heterocycles. The van der Waals surface area contributed by atoms with Crippen LogP contribution < -0.4 is 5.32 Å². The highest BCUT2D eigenvalue weighted by atomic mass is 16.6. The van der Waals surface area contributed by atoms with Gasteiger partial charge in [-0.25, -0.2) is 4.79 Å². The molecule has 21 heavy (non-hydrogen) atoms. The number of ether oxygens (including phenoxy) is 2. The lowest BCUT2D eigenvalue weighted by atomic mass is 9.92. The van der Waals surface area contributed by atoms with E-state index in [0.29, 0.717) is 19.0 Å². The number of likely N-dealkylation sites (tertiary alicyclic amines) is 1. The minimum Gasteiger partial charge on any atom is -0.444 e. The summed E-state index contributed by atoms with van der Waals surface area (Å²) in [6.45, 7) is 8.84. The maximum Gasteiger partial charge on any atom is 0.407 e. The standard InChI is InChI=1S/C15H28N2O4/c1-11-6-7-17(13(18)10-20-5)12(8-11)9-16-14(19)21-15(2,3)4/h11-12H,6-10H2,1-5H3,(H,16,19). The van der Waals surface area contributed by atoms with Gasteiger partial charge in [0, 0.05) is 26.2 Å². The van der Waals surface area contributed by atoms with Crippen molar-refractivity contribution in [2.75, 3.05) is 26.8 Å². The van der Waals surface area contributed by atoms with Crippen LogP contribution in [0.2, 0.25) is 0 Å². The first kappa shape index (κ1) is 17.8. The third kappa shape index (κ3) is 6.33. The van der Waals surface area contributed by atoms with Crippen LogP contribution in [0.4, 0.5) is 4.79 Å². The van der Waals surface area contributed by atoms with Gasteiger partial charge in [-0.2, -0.15) is 0 Å². The van der Waals surface area contributed by atoms with Gasteiger partial charge in [0.05, 0.1) is 0 Å². The van der Waals surface area contributed by atoms with E-state index in [1.54, 1.807) is 4.90 Å². The van der Waals surface area contributed by atoms with Crippen molar-refractivity contribution >= 4 is 12.0 Å². The Kier molecular flexibility index (Phi) is 6.45. The largest absolute Gasteiger partial charge is 0.444 e. The van der Waals surface area contributed by atoms with E-state index in [0.717, 1.165) is 12.8 Å². The Hall–Kier alpha value is -1.30. The Morgan fingerprint density at radius 2 is 2.00 bits per heavy atom. The second kappa shape index (κ2) is 7.64. The minimum absolute atomic E-state index is 0.00363. The molecule has 6 heteroatoms. The number of hydrogen-bond acceptors (Lipinski definition) is 4. The summed E-state index contributed by atoms with van der Waals surface area (Å²) in [4.78, 5) is 25.6. The third-order valence-corrected chi connectivity index (χ3v) is 3.45. The molecule has 1 N–H and O–H groups in total. The van der Waals surface area contributed by atoms with Gasteiger partial charge in [-0.05, 0) is 39.5 Å². The van der Waals surface area contributed by atoms with Gasteiger partial charge in [0.25, 0.3) is 0 Å². The second-order valence-electron chi connectivity index (χ2n) is 6.69. The van der Waals surface area contributed by atoms with Gasteiger partial charge in [0.2, 0.25) is 5.91 Å². The SMILES string of the molecule is COCC(=O)N1CCC(C)CC1CNC(=O)OC(C)(C)C. The van der Waals surface area contributed by atoms with E-state index in [-0.39, 0.29) is 18.6 Å². The molecular weight excluding hydrogens is 272 g/mol. The van der Waals surface area contributed by atoms with E-state index in [4.69, 9.17) is 9.47 Å². The number of carbonyl (C=O) groups excluding carboxylic acids is 2. The number of alkyl carbamates (subject to hydrolysis) is 1. The fourth-order valence-corrected chi connectivity index (χ4v) is 2.50. The lowest BCUT2D eigenvalue weighted by Crippen LogP contribution is -2.52. The molecule has 6 nitrogen and oxygen atoms in total. The zero-order valence-electron chi connectivity index (χ0n) is 13.8. The number of piperidine rings is 1. The average molecular weight is 300 g/mol. The zero-order valence-corrected chi connectivity index (χ0v) is 13.8. The summed E-state index contributed by atoms with van der Waals surface area (Å²) in [5.41, 5.74) is -0.518. The van der Waals surface area contributed by atoms with Crippen LogP contribution in [0.1, 0.15) is 40.5 Å². The predicted octanol–water partition coefficient (Wildman–Crippen LogP) is 1.78. The van der Waals surface area contributed by atoms with E-state index in [1.165, 1.54) is 7.11 Å². The molecule has 1 aliphatic heterocycles. The fourth-order valence-electron chi connectivity index (χ4n) is 2.50. The van der Waals surface area contributed by atoms with Gasteiger partial charge in [0.1, 0.15) is 12.2 Å². The Labute approximate surface area is 127 Å². The molecule has 1 heterocycles. The summed E-state index contributed by atoms with van der Waals surface area (Å²) in [6.07, 6.45) is 1.42. The van der Waals surface area contributed by atoms with Crippen molar-refractivity contribution in [2.24, 2.45) is 5.92 Å². The molecule has 1 aliphatic rings. The van der Waals surface area contributed by atoms with Gasteiger partial charge in [-0.1, -0.05) is 6.92 Å². The first-order valence-electron chi connectivity index (χ1n) is 7.48. The monoisotopic (exact) mass is 300 g/mol. The quantitative estimate of drug-likeness (QED) is 0.859. The average Bonchev–Trinajstić information content (AvgIpc) is 2.34. The van der Waals surface area contributed by atoms with Crippen LogP contribution in [0.3, 0.4) is 0 Å². The van der Waals surface area contributed by atoms with Crippen LogP contribution in [-0.2, 0) is 14.3 Å². The van der Waals surface area contributed by atoms with Crippen molar-refractivity contribution in [3.63, 3.8) is 0 Å². The first-order valence-corrected chi connectivity index (χ1v) is 7.48. The van der Waals surface area contributed by atoms with Crippen molar-refractivity contribution in [1.82, 2.24) is 10.2 Å². The molecule has 0 aromatic rings. The van der Waals surface area contributed by atoms with E-state index in [2.05, 4.69) is 12.2 Å². The van der Waals surface area contributed by atoms with Crippen molar-refractivity contribution in [3.05, 3.63) is 0 Å². The summed E-state index contributed by atoms with van der Waals surface area (Å²) in [6, 6.07) is 0.00363. The predicted molar refractivity (Wildman–Crippen MR) is 80.0 cm³/mol. The molecule has 0 aromatic heterocycles. The van der Waals surface area contributed by atoms with Gasteiger partial charge >= 0.3 is 6.09 Å². The Bertz CT molecular complexity index is 365. The second-order valence-corrected chi connectivity index (χ2v) is 6.69. The van der Waals surface area contributed by atoms with E-state index >= 15 is 0 Å². The first-order chi connectivity index (χ1) is 9.73. The van der Waals surface area contributed by atoms with Crippen LogP contribution in [-0.4, -0.2) is 55.3 Å². The maximum absolute atomic E-state index is 12.0. The van der Waals surface area contributed by atoms with Crippen molar-refractivity contribution in [1.29, 1.82) is 0 Å². The van der Waals surface area contributed by atoms with Gasteiger partial charge < -0.3 is 19.7 Å². The lowest BCUT2D eigenvalue weighted by molar-refractivity contribution is -0.139. The van der Waals surface area contributed by atoms with E-state index < -0.39 is 11.7 Å². The molecular formula is C15H28N2O4. The van der Waals surface area contributed by atoms with E-state index in [1.807, 2.05) is 20.8 Å². The summed E-state index contributed by atoms with van der Waals surface area (Å²) >= 11 is 0. The molecule has 2 unspecified atom stereocenters. The molecule has 2 atom stereocenters. The van der Waals surface area contributed by atoms with Crippen LogP contribution in [0.5, 0.6) is 0 Å². The highest BCUT2D eigenvalue weighted by Crippen LogP contribution is 2.22. The van der Waals surface area contributed by atoms with Crippen LogP contribution >= 0.6 is 0 Å². The molecule has 0 saturated carbocycles. The fraction of sp³-hybridized carbons (Fsp3) is 0.867. The molecule has 2 amide bonds. The van der Waals surface area contributed by atoms with Gasteiger partial charge in [-0.15, -0.1) is 0 Å². The molecule has 0 bridgehead atoms. The molecule has 0 radical (unpaired) electrons. The molecule has 0 aliphatic carbocycles. The summed E-state index contributed by atoms with van der Waals surface area (Å²) in [5.74, 6) is 0.516. The zero-order chi connectivity index (χ0) is 16.0. The van der Waals surface area contributed by atoms with Crippen LogP contribution in [0.25, 0.3) is 0 Å². The number of amides is 2. The number of rotatable bonds is 4. The van der Waals surface area contributed by atoms with Gasteiger partial charge in [-0.3, -0.25) is 4.79 Å². The highest BCUT2D eigenvalue weighted by Gasteiger charge is 2.30. The molecule has 122 valence electrons. The maximum atomic E-state index is 12.0. The lowest BCUT2D eigenvalue weighted by Gasteiger charge is -2.38. The number of methoxy groups -OCH3 is 1. The summed E-state index contributed by atoms with van der Waals surface area (Å²) < 4.78 is 10.1. The minimum atomic E-state index is -0.518.